The van der Waals surface area contributed by atoms with Gasteiger partial charge in [0.25, 0.3) is 5.91 Å². The van der Waals surface area contributed by atoms with Crippen LogP contribution in [0.2, 0.25) is 0 Å². The summed E-state index contributed by atoms with van der Waals surface area (Å²) < 4.78 is 0. The molecule has 1 aromatic carbocycles. The summed E-state index contributed by atoms with van der Waals surface area (Å²) >= 11 is 1.51. The predicted molar refractivity (Wildman–Crippen MR) is 101 cm³/mol. The Bertz CT molecular complexity index is 684. The predicted octanol–water partition coefficient (Wildman–Crippen LogP) is 1.33. The maximum atomic E-state index is 12.2. The van der Waals surface area contributed by atoms with Crippen LogP contribution < -0.4 is 10.4 Å². The molecule has 2 N–H and O–H groups in total. The number of hydrogen-bond acceptors (Lipinski definition) is 5. The second-order valence-electron chi connectivity index (χ2n) is 6.55. The van der Waals surface area contributed by atoms with Crippen molar-refractivity contribution < 1.29 is 19.8 Å². The van der Waals surface area contributed by atoms with Crippen molar-refractivity contribution in [1.82, 2.24) is 5.32 Å². The van der Waals surface area contributed by atoms with Gasteiger partial charge in [-0.1, -0.05) is 18.3 Å². The van der Waals surface area contributed by atoms with E-state index in [1.807, 2.05) is 6.26 Å². The van der Waals surface area contributed by atoms with Gasteiger partial charge in [0, 0.05) is 11.1 Å². The zero-order chi connectivity index (χ0) is 19.0. The van der Waals surface area contributed by atoms with Crippen molar-refractivity contribution in [3.05, 3.63) is 35.4 Å². The summed E-state index contributed by atoms with van der Waals surface area (Å²) in [5.74, 6) is 4.81. The number of rotatable bonds is 6. The Morgan fingerprint density at radius 1 is 1.27 bits per heavy atom. The molecule has 0 aromatic heterocycles. The lowest BCUT2D eigenvalue weighted by Gasteiger charge is -2.26. The van der Waals surface area contributed by atoms with E-state index in [-0.39, 0.29) is 0 Å². The fourth-order valence-corrected chi connectivity index (χ4v) is 3.35. The molecule has 1 fully saturated rings. The number of carbonyl (C=O) groups excluding carboxylic acids is 2. The molecule has 0 spiro atoms. The van der Waals surface area contributed by atoms with E-state index in [9.17, 15) is 19.8 Å². The van der Waals surface area contributed by atoms with Gasteiger partial charge in [0.05, 0.1) is 12.0 Å². The number of hydrogen-bond donors (Lipinski definition) is 2. The van der Waals surface area contributed by atoms with Crippen LogP contribution in [0.15, 0.2) is 24.3 Å². The molecule has 0 saturated heterocycles. The molecule has 1 atom stereocenters. The van der Waals surface area contributed by atoms with Crippen molar-refractivity contribution in [3.63, 3.8) is 0 Å². The summed E-state index contributed by atoms with van der Waals surface area (Å²) in [5, 5.41) is 24.0. The average Bonchev–Trinajstić information content (AvgIpc) is 2.64. The highest BCUT2D eigenvalue weighted by atomic mass is 32.2. The molecular formula is C20H24NO4S-. The molecule has 0 bridgehead atoms. The number of nitrogens with one attached hydrogen (secondary N) is 1. The van der Waals surface area contributed by atoms with Crippen molar-refractivity contribution in [3.8, 4) is 11.8 Å². The first kappa shape index (κ1) is 20.3. The van der Waals surface area contributed by atoms with Crippen LogP contribution >= 0.6 is 11.8 Å². The van der Waals surface area contributed by atoms with Crippen LogP contribution in [0, 0.1) is 11.8 Å². The molecule has 1 aromatic rings. The van der Waals surface area contributed by atoms with Crippen molar-refractivity contribution in [2.75, 3.05) is 12.0 Å². The van der Waals surface area contributed by atoms with Crippen LogP contribution in [-0.2, 0) is 4.79 Å². The van der Waals surface area contributed by atoms with Crippen LogP contribution in [0.1, 0.15) is 54.4 Å². The highest BCUT2D eigenvalue weighted by molar-refractivity contribution is 7.98. The molecule has 1 aliphatic rings. The zero-order valence-corrected chi connectivity index (χ0v) is 15.7. The van der Waals surface area contributed by atoms with Gasteiger partial charge in [-0.2, -0.15) is 11.8 Å². The molecule has 140 valence electrons. The minimum Gasteiger partial charge on any atom is -0.548 e. The number of benzene rings is 1. The Hall–Kier alpha value is -1.97. The van der Waals surface area contributed by atoms with Crippen molar-refractivity contribution in [2.24, 2.45) is 0 Å². The lowest BCUT2D eigenvalue weighted by molar-refractivity contribution is -0.308. The van der Waals surface area contributed by atoms with Gasteiger partial charge in [0.15, 0.2) is 0 Å². The number of aliphatic hydroxyl groups is 1. The molecule has 0 radical (unpaired) electrons. The van der Waals surface area contributed by atoms with Gasteiger partial charge in [-0.25, -0.2) is 0 Å². The topological polar surface area (TPSA) is 89.5 Å². The molecule has 0 aliphatic heterocycles. The molecule has 5 nitrogen and oxygen atoms in total. The molecule has 2 rings (SSSR count). The Kier molecular flexibility index (Phi) is 7.55. The first-order valence-electron chi connectivity index (χ1n) is 8.80. The second-order valence-corrected chi connectivity index (χ2v) is 7.53. The molecule has 26 heavy (non-hydrogen) atoms. The van der Waals surface area contributed by atoms with E-state index in [0.717, 1.165) is 19.3 Å². The summed E-state index contributed by atoms with van der Waals surface area (Å²) in [5.41, 5.74) is 0.162. The summed E-state index contributed by atoms with van der Waals surface area (Å²) in [7, 11) is 0. The molecular weight excluding hydrogens is 350 g/mol. The maximum Gasteiger partial charge on any atom is 0.251 e. The van der Waals surface area contributed by atoms with E-state index in [1.54, 1.807) is 24.3 Å². The SMILES string of the molecule is CSCC[C@H](NC(=O)c1ccc(C#CC2(O)CCCCC2)cc1)C(=O)[O-]. The Balaban J connectivity index is 2.00. The number of carbonyl (C=O) groups is 2. The van der Waals surface area contributed by atoms with E-state index in [2.05, 4.69) is 17.2 Å². The summed E-state index contributed by atoms with van der Waals surface area (Å²) in [4.78, 5) is 23.3. The largest absolute Gasteiger partial charge is 0.548 e. The third kappa shape index (κ3) is 6.08. The minimum atomic E-state index is -1.28. The smallest absolute Gasteiger partial charge is 0.251 e. The quantitative estimate of drug-likeness (QED) is 0.734. The highest BCUT2D eigenvalue weighted by Gasteiger charge is 2.26. The van der Waals surface area contributed by atoms with E-state index in [1.165, 1.54) is 11.8 Å². The molecule has 0 heterocycles. The Labute approximate surface area is 158 Å². The Morgan fingerprint density at radius 2 is 1.92 bits per heavy atom. The van der Waals surface area contributed by atoms with Crippen LogP contribution in [0.25, 0.3) is 0 Å². The minimum absolute atomic E-state index is 0.317. The van der Waals surface area contributed by atoms with Gasteiger partial charge in [0.2, 0.25) is 0 Å². The summed E-state index contributed by atoms with van der Waals surface area (Å²) in [6.07, 6.45) is 6.69. The average molecular weight is 374 g/mol. The summed E-state index contributed by atoms with van der Waals surface area (Å²) in [6, 6.07) is 5.60. The summed E-state index contributed by atoms with van der Waals surface area (Å²) in [6.45, 7) is 0. The van der Waals surface area contributed by atoms with Crippen molar-refractivity contribution >= 4 is 23.6 Å². The van der Waals surface area contributed by atoms with E-state index in [4.69, 9.17) is 0 Å². The van der Waals surface area contributed by atoms with E-state index >= 15 is 0 Å². The first-order chi connectivity index (χ1) is 12.4. The fourth-order valence-electron chi connectivity index (χ4n) is 2.88. The highest BCUT2D eigenvalue weighted by Crippen LogP contribution is 2.27. The van der Waals surface area contributed by atoms with Gasteiger partial charge < -0.3 is 20.3 Å². The standard InChI is InChI=1S/C20H25NO4S/c1-26-14-10-17(19(23)24)21-18(22)16-7-5-15(6-8-16)9-13-20(25)11-3-2-4-12-20/h5-8,17,25H,2-4,10-12,14H2,1H3,(H,21,22)(H,23,24)/p-1/t17-/m0/s1. The van der Waals surface area contributed by atoms with Crippen LogP contribution in [0.4, 0.5) is 0 Å². The van der Waals surface area contributed by atoms with Crippen molar-refractivity contribution in [1.29, 1.82) is 0 Å². The molecule has 1 amide bonds. The molecule has 6 heteroatoms. The third-order valence-corrected chi connectivity index (χ3v) is 5.11. The number of thioether (sulfide) groups is 1. The maximum absolute atomic E-state index is 12.2. The number of aliphatic carboxylic acids is 1. The lowest BCUT2D eigenvalue weighted by atomic mass is 9.85. The molecule has 1 aliphatic carbocycles. The number of amides is 1. The van der Waals surface area contributed by atoms with Gasteiger partial charge >= 0.3 is 0 Å². The van der Waals surface area contributed by atoms with Gasteiger partial charge in [-0.3, -0.25) is 4.79 Å². The van der Waals surface area contributed by atoms with Gasteiger partial charge in [0.1, 0.15) is 5.60 Å². The number of carboxylic acids is 1. The van der Waals surface area contributed by atoms with Gasteiger partial charge in [-0.15, -0.1) is 0 Å². The third-order valence-electron chi connectivity index (χ3n) is 4.47. The van der Waals surface area contributed by atoms with E-state index in [0.29, 0.717) is 36.1 Å². The normalized spacial score (nSPS) is 16.8. The van der Waals surface area contributed by atoms with Gasteiger partial charge in [-0.05, 0) is 68.4 Å². The zero-order valence-electron chi connectivity index (χ0n) is 14.9. The number of carboxylic acid groups (broad SMARTS) is 1. The van der Waals surface area contributed by atoms with Crippen LogP contribution in [-0.4, -0.2) is 40.6 Å². The fraction of sp³-hybridized carbons (Fsp3) is 0.500. The van der Waals surface area contributed by atoms with Crippen LogP contribution in [0.3, 0.4) is 0 Å². The van der Waals surface area contributed by atoms with E-state index < -0.39 is 23.5 Å². The lowest BCUT2D eigenvalue weighted by Crippen LogP contribution is -2.48. The van der Waals surface area contributed by atoms with Crippen LogP contribution in [0.5, 0.6) is 0 Å². The first-order valence-corrected chi connectivity index (χ1v) is 10.2. The molecule has 0 unspecified atom stereocenters. The van der Waals surface area contributed by atoms with Crippen molar-refractivity contribution in [2.45, 2.75) is 50.2 Å². The second kappa shape index (κ2) is 9.65. The monoisotopic (exact) mass is 374 g/mol. The molecule has 1 saturated carbocycles. The Morgan fingerprint density at radius 3 is 2.50 bits per heavy atom.